The van der Waals surface area contributed by atoms with Crippen molar-refractivity contribution in [2.75, 3.05) is 7.11 Å². The van der Waals surface area contributed by atoms with Gasteiger partial charge in [-0.1, -0.05) is 36.4 Å². The van der Waals surface area contributed by atoms with Crippen LogP contribution in [0.2, 0.25) is 0 Å². The molecule has 11 heteroatoms. The minimum absolute atomic E-state index is 0.0837. The Balaban J connectivity index is 3.38. The average molecular weight is 578 g/mol. The van der Waals surface area contributed by atoms with Crippen LogP contribution in [0.25, 0.3) is 0 Å². The highest BCUT2D eigenvalue weighted by molar-refractivity contribution is 6.14. The van der Waals surface area contributed by atoms with Gasteiger partial charge in [-0.15, -0.1) is 0 Å². The average Bonchev–Trinajstić information content (AvgIpc) is 2.81. The molecule has 0 unspecified atom stereocenters. The van der Waals surface area contributed by atoms with E-state index in [0.29, 0.717) is 10.5 Å². The minimum Gasteiger partial charge on any atom is -0.465 e. The number of imide groups is 1. The van der Waals surface area contributed by atoms with E-state index in [1.165, 1.54) is 6.08 Å². The molecule has 228 valence electrons. The van der Waals surface area contributed by atoms with E-state index in [9.17, 15) is 24.0 Å². The number of methoxy groups -OCH3 is 1. The molecule has 0 spiro atoms. The molecule has 0 fully saturated rings. The minimum atomic E-state index is -1.52. The van der Waals surface area contributed by atoms with Crippen LogP contribution in [0.4, 0.5) is 9.59 Å². The van der Waals surface area contributed by atoms with E-state index >= 15 is 0 Å². The smallest absolute Gasteiger partial charge is 0.420 e. The van der Waals surface area contributed by atoms with Gasteiger partial charge in [-0.2, -0.15) is 4.90 Å². The third kappa shape index (κ3) is 13.3. The molecule has 0 saturated heterocycles. The summed E-state index contributed by atoms with van der Waals surface area (Å²) in [5, 5.41) is 0. The zero-order valence-corrected chi connectivity index (χ0v) is 25.7. The number of hydrogen-bond donors (Lipinski definition) is 0. The number of carbonyl (C=O) groups excluding carboxylic acids is 5. The molecule has 1 atom stereocenters. The highest BCUT2D eigenvalue weighted by atomic mass is 16.6. The lowest BCUT2D eigenvalue weighted by atomic mass is 10.1. The van der Waals surface area contributed by atoms with Crippen LogP contribution in [0, 0.1) is 0 Å². The van der Waals surface area contributed by atoms with Gasteiger partial charge in [0.15, 0.2) is 0 Å². The van der Waals surface area contributed by atoms with Gasteiger partial charge < -0.3 is 23.7 Å². The Hall–Kier alpha value is -3.89. The fourth-order valence-electron chi connectivity index (χ4n) is 3.22. The Bertz CT molecular complexity index is 1080. The predicted molar refractivity (Wildman–Crippen MR) is 150 cm³/mol. The van der Waals surface area contributed by atoms with Crippen molar-refractivity contribution in [2.24, 2.45) is 0 Å². The summed E-state index contributed by atoms with van der Waals surface area (Å²) in [6, 6.07) is 7.35. The van der Waals surface area contributed by atoms with E-state index in [0.717, 1.165) is 7.11 Å². The molecule has 2 amide bonds. The van der Waals surface area contributed by atoms with Gasteiger partial charge in [-0.05, 0) is 80.7 Å². The maximum atomic E-state index is 13.3. The van der Waals surface area contributed by atoms with Crippen molar-refractivity contribution < 1.29 is 47.7 Å². The first-order valence-electron chi connectivity index (χ1n) is 13.2. The van der Waals surface area contributed by atoms with Gasteiger partial charge in [0, 0.05) is 0 Å². The van der Waals surface area contributed by atoms with Crippen molar-refractivity contribution >= 4 is 30.1 Å². The molecule has 41 heavy (non-hydrogen) atoms. The van der Waals surface area contributed by atoms with E-state index in [1.54, 1.807) is 86.6 Å². The van der Waals surface area contributed by atoms with Crippen LogP contribution in [-0.4, -0.2) is 64.9 Å². The van der Waals surface area contributed by atoms with Gasteiger partial charge in [-0.25, -0.2) is 24.0 Å². The van der Waals surface area contributed by atoms with Crippen molar-refractivity contribution in [1.82, 2.24) is 4.90 Å². The Kier molecular flexibility index (Phi) is 12.6. The summed E-state index contributed by atoms with van der Waals surface area (Å²) in [5.74, 6) is -2.80. The van der Waals surface area contributed by atoms with Gasteiger partial charge in [0.2, 0.25) is 0 Å². The monoisotopic (exact) mass is 577 g/mol. The lowest BCUT2D eigenvalue weighted by Gasteiger charge is -2.33. The lowest BCUT2D eigenvalue weighted by Crippen LogP contribution is -2.53. The summed E-state index contributed by atoms with van der Waals surface area (Å²) in [5.41, 5.74) is -2.67. The second-order valence-electron chi connectivity index (χ2n) is 12.1. The number of nitrogens with zero attached hydrogens (tertiary/aromatic N) is 1. The number of allylic oxidation sites excluding steroid dienone is 1. The molecule has 0 bridgehead atoms. The maximum absolute atomic E-state index is 13.3. The summed E-state index contributed by atoms with van der Waals surface area (Å²) in [7, 11) is 1.11. The van der Waals surface area contributed by atoms with Gasteiger partial charge in [-0.3, -0.25) is 0 Å². The number of carbonyl (C=O) groups is 5. The number of rotatable bonds is 9. The summed E-state index contributed by atoms with van der Waals surface area (Å²) in [4.78, 5) is 65.4. The number of hydrogen-bond acceptors (Lipinski definition) is 10. The quantitative estimate of drug-likeness (QED) is 0.122. The summed E-state index contributed by atoms with van der Waals surface area (Å²) in [6.07, 6.45) is -1.39. The summed E-state index contributed by atoms with van der Waals surface area (Å²) in [6.45, 7) is 14.4. The summed E-state index contributed by atoms with van der Waals surface area (Å²) >= 11 is 0. The maximum Gasteiger partial charge on any atom is 0.420 e. The first-order chi connectivity index (χ1) is 18.7. The number of amides is 2. The third-order valence-corrected chi connectivity index (χ3v) is 4.80. The van der Waals surface area contributed by atoms with Crippen molar-refractivity contribution in [3.8, 4) is 0 Å². The first-order valence-corrected chi connectivity index (χ1v) is 13.2. The van der Waals surface area contributed by atoms with Gasteiger partial charge in [0.25, 0.3) is 0 Å². The highest BCUT2D eigenvalue weighted by Gasteiger charge is 2.42. The van der Waals surface area contributed by atoms with Crippen LogP contribution < -0.4 is 0 Å². The largest absolute Gasteiger partial charge is 0.465 e. The van der Waals surface area contributed by atoms with Crippen molar-refractivity contribution in [2.45, 2.75) is 105 Å². The lowest BCUT2D eigenvalue weighted by molar-refractivity contribution is -0.161. The zero-order chi connectivity index (χ0) is 31.6. The molecule has 0 aliphatic rings. The number of benzene rings is 1. The number of esters is 3. The molecule has 0 aliphatic heterocycles. The van der Waals surface area contributed by atoms with Crippen LogP contribution in [-0.2, 0) is 44.7 Å². The van der Waals surface area contributed by atoms with Crippen molar-refractivity contribution in [3.05, 3.63) is 47.5 Å². The fourth-order valence-corrected chi connectivity index (χ4v) is 3.22. The third-order valence-electron chi connectivity index (χ3n) is 4.80. The van der Waals surface area contributed by atoms with E-state index in [1.807, 2.05) is 6.07 Å². The molecule has 0 aromatic heterocycles. The Morgan fingerprint density at radius 3 is 1.68 bits per heavy atom. The molecule has 1 aromatic carbocycles. The van der Waals surface area contributed by atoms with Crippen LogP contribution in [0.5, 0.6) is 0 Å². The van der Waals surface area contributed by atoms with Crippen LogP contribution >= 0.6 is 0 Å². The molecular weight excluding hydrogens is 534 g/mol. The molecule has 0 radical (unpaired) electrons. The van der Waals surface area contributed by atoms with E-state index in [-0.39, 0.29) is 19.4 Å². The van der Waals surface area contributed by atoms with Crippen LogP contribution in [0.3, 0.4) is 0 Å². The van der Waals surface area contributed by atoms with E-state index in [4.69, 9.17) is 23.7 Å². The fraction of sp³-hybridized carbons (Fsp3) is 0.567. The molecule has 0 heterocycles. The van der Waals surface area contributed by atoms with Crippen molar-refractivity contribution in [1.29, 1.82) is 0 Å². The second-order valence-corrected chi connectivity index (χ2v) is 12.1. The molecule has 11 nitrogen and oxygen atoms in total. The normalized spacial score (nSPS) is 13.0. The SMILES string of the molecule is COC(=O)/C(=C/CC[C@@H](C(=O)OC(C)(C)C)N(C(=O)OC(C)(C)C)C(=O)OC(C)(C)C)C(=O)OCc1ccccc1. The predicted octanol–water partition coefficient (Wildman–Crippen LogP) is 5.49. The van der Waals surface area contributed by atoms with Crippen LogP contribution in [0.1, 0.15) is 80.7 Å². The summed E-state index contributed by atoms with van der Waals surface area (Å²) < 4.78 is 26.3. The van der Waals surface area contributed by atoms with E-state index < -0.39 is 58.5 Å². The molecule has 0 N–H and O–H groups in total. The van der Waals surface area contributed by atoms with Gasteiger partial charge >= 0.3 is 30.1 Å². The molecule has 0 saturated carbocycles. The Morgan fingerprint density at radius 2 is 1.24 bits per heavy atom. The molecule has 1 aromatic rings. The molecule has 1 rings (SSSR count). The molecule has 0 aliphatic carbocycles. The van der Waals surface area contributed by atoms with Gasteiger partial charge in [0.05, 0.1) is 7.11 Å². The standard InChI is InChI=1S/C30H43NO10/c1-28(2,3)39-25(34)22(31(26(35)40-29(4,5)6)27(36)41-30(7,8)9)18-14-17-21(23(32)37-10)24(33)38-19-20-15-12-11-13-16-20/h11-13,15-17,22H,14,18-19H2,1-10H3/b21-17-/t22-/m0/s1. The molecular formula is C30H43NO10. The number of ether oxygens (including phenoxy) is 5. The van der Waals surface area contributed by atoms with Crippen LogP contribution in [0.15, 0.2) is 42.0 Å². The Morgan fingerprint density at radius 1 is 0.756 bits per heavy atom. The van der Waals surface area contributed by atoms with E-state index in [2.05, 4.69) is 0 Å². The van der Waals surface area contributed by atoms with Gasteiger partial charge in [0.1, 0.15) is 35.0 Å². The zero-order valence-electron chi connectivity index (χ0n) is 25.7. The second kappa shape index (κ2) is 14.7. The highest BCUT2D eigenvalue weighted by Crippen LogP contribution is 2.22. The Labute approximate surface area is 242 Å². The van der Waals surface area contributed by atoms with Crippen molar-refractivity contribution in [3.63, 3.8) is 0 Å². The topological polar surface area (TPSA) is 135 Å². The first kappa shape index (κ1) is 35.1.